The van der Waals surface area contributed by atoms with Gasteiger partial charge >= 0.3 is 5.97 Å². The van der Waals surface area contributed by atoms with Gasteiger partial charge in [-0.1, -0.05) is 6.92 Å². The molecule has 0 atom stereocenters. The van der Waals surface area contributed by atoms with Crippen molar-refractivity contribution in [2.45, 2.75) is 51.7 Å². The molecule has 7 nitrogen and oxygen atoms in total. The Labute approximate surface area is 121 Å². The van der Waals surface area contributed by atoms with E-state index in [9.17, 15) is 13.2 Å². The SMILES string of the molecule is CCN(CC(=O)O)C1CC(NS(=O)(=O)N(C)C(C)C)C1. The van der Waals surface area contributed by atoms with Crippen LogP contribution in [0.25, 0.3) is 0 Å². The molecule has 1 fully saturated rings. The number of aliphatic carboxylic acids is 1. The van der Waals surface area contributed by atoms with Gasteiger partial charge in [-0.05, 0) is 33.2 Å². The van der Waals surface area contributed by atoms with Gasteiger partial charge in [0.05, 0.1) is 6.54 Å². The van der Waals surface area contributed by atoms with E-state index in [2.05, 4.69) is 4.72 Å². The van der Waals surface area contributed by atoms with Crippen molar-refractivity contribution >= 4 is 16.2 Å². The number of rotatable bonds is 8. The van der Waals surface area contributed by atoms with E-state index in [4.69, 9.17) is 5.11 Å². The maximum absolute atomic E-state index is 12.0. The Morgan fingerprint density at radius 2 is 1.95 bits per heavy atom. The summed E-state index contributed by atoms with van der Waals surface area (Å²) in [4.78, 5) is 12.6. The first kappa shape index (κ1) is 17.4. The minimum atomic E-state index is -3.45. The Morgan fingerprint density at radius 1 is 1.40 bits per heavy atom. The van der Waals surface area contributed by atoms with Crippen LogP contribution in [0.1, 0.15) is 33.6 Å². The lowest BCUT2D eigenvalue weighted by molar-refractivity contribution is -0.139. The number of likely N-dealkylation sites (N-methyl/N-ethyl adjacent to an activating group) is 1. The van der Waals surface area contributed by atoms with Gasteiger partial charge in [-0.25, -0.2) is 0 Å². The van der Waals surface area contributed by atoms with Crippen molar-refractivity contribution in [1.29, 1.82) is 0 Å². The van der Waals surface area contributed by atoms with Crippen molar-refractivity contribution in [2.24, 2.45) is 0 Å². The molecule has 1 rings (SSSR count). The molecule has 0 spiro atoms. The molecule has 0 aliphatic heterocycles. The van der Waals surface area contributed by atoms with Gasteiger partial charge in [0.15, 0.2) is 0 Å². The van der Waals surface area contributed by atoms with E-state index < -0.39 is 16.2 Å². The monoisotopic (exact) mass is 307 g/mol. The molecule has 0 amide bonds. The predicted octanol–water partition coefficient (Wildman–Crippen LogP) is 0.0985. The third-order valence-electron chi connectivity index (χ3n) is 3.80. The molecule has 1 saturated carbocycles. The van der Waals surface area contributed by atoms with E-state index >= 15 is 0 Å². The van der Waals surface area contributed by atoms with Crippen LogP contribution in [0, 0.1) is 0 Å². The van der Waals surface area contributed by atoms with E-state index in [0.717, 1.165) is 0 Å². The lowest BCUT2D eigenvalue weighted by Gasteiger charge is -2.42. The topological polar surface area (TPSA) is 90.0 Å². The van der Waals surface area contributed by atoms with Gasteiger partial charge in [0.2, 0.25) is 0 Å². The Hall–Kier alpha value is -0.700. The Kier molecular flexibility index (Phi) is 5.93. The maximum atomic E-state index is 12.0. The molecule has 0 aromatic heterocycles. The van der Waals surface area contributed by atoms with Crippen LogP contribution >= 0.6 is 0 Å². The highest BCUT2D eigenvalue weighted by Gasteiger charge is 2.37. The van der Waals surface area contributed by atoms with Crippen molar-refractivity contribution in [3.63, 3.8) is 0 Å². The lowest BCUT2D eigenvalue weighted by Crippen LogP contribution is -2.57. The number of nitrogens with zero attached hydrogens (tertiary/aromatic N) is 2. The summed E-state index contributed by atoms with van der Waals surface area (Å²) in [5, 5.41) is 8.81. The molecule has 0 saturated heterocycles. The third kappa shape index (κ3) is 4.41. The molecule has 0 aromatic rings. The van der Waals surface area contributed by atoms with E-state index in [1.54, 1.807) is 7.05 Å². The zero-order valence-electron chi connectivity index (χ0n) is 12.5. The van der Waals surface area contributed by atoms with Crippen LogP contribution in [0.5, 0.6) is 0 Å². The molecule has 20 heavy (non-hydrogen) atoms. The molecule has 0 radical (unpaired) electrons. The second-order valence-corrected chi connectivity index (χ2v) is 7.27. The first-order valence-electron chi connectivity index (χ1n) is 6.88. The summed E-state index contributed by atoms with van der Waals surface area (Å²) in [5.41, 5.74) is 0. The second kappa shape index (κ2) is 6.84. The van der Waals surface area contributed by atoms with Crippen LogP contribution < -0.4 is 4.72 Å². The van der Waals surface area contributed by atoms with Crippen molar-refractivity contribution in [1.82, 2.24) is 13.9 Å². The van der Waals surface area contributed by atoms with Gasteiger partial charge in [-0.3, -0.25) is 9.69 Å². The minimum absolute atomic E-state index is 0.00648. The number of nitrogens with one attached hydrogen (secondary N) is 1. The number of carboxylic acid groups (broad SMARTS) is 1. The number of hydrogen-bond donors (Lipinski definition) is 2. The average molecular weight is 307 g/mol. The zero-order valence-corrected chi connectivity index (χ0v) is 13.4. The molecular formula is C12H25N3O4S. The fourth-order valence-corrected chi connectivity index (χ4v) is 3.56. The predicted molar refractivity (Wildman–Crippen MR) is 76.6 cm³/mol. The van der Waals surface area contributed by atoms with Gasteiger partial charge < -0.3 is 5.11 Å². The summed E-state index contributed by atoms with van der Waals surface area (Å²) in [5.74, 6) is -0.851. The van der Waals surface area contributed by atoms with Gasteiger partial charge in [0.25, 0.3) is 10.2 Å². The largest absolute Gasteiger partial charge is 0.480 e. The molecule has 1 aliphatic carbocycles. The maximum Gasteiger partial charge on any atom is 0.317 e. The van der Waals surface area contributed by atoms with Crippen molar-refractivity contribution in [2.75, 3.05) is 20.1 Å². The number of hydrogen-bond acceptors (Lipinski definition) is 4. The van der Waals surface area contributed by atoms with Crippen LogP contribution in [0.15, 0.2) is 0 Å². The number of carbonyl (C=O) groups is 1. The first-order chi connectivity index (χ1) is 9.17. The molecule has 1 aliphatic rings. The van der Waals surface area contributed by atoms with E-state index in [0.29, 0.717) is 19.4 Å². The average Bonchev–Trinajstić information content (AvgIpc) is 2.29. The van der Waals surface area contributed by atoms with Crippen molar-refractivity contribution in [3.8, 4) is 0 Å². The highest BCUT2D eigenvalue weighted by molar-refractivity contribution is 7.87. The molecule has 0 bridgehead atoms. The van der Waals surface area contributed by atoms with Crippen LogP contribution in [0.4, 0.5) is 0 Å². The number of carboxylic acids is 1. The van der Waals surface area contributed by atoms with Crippen LogP contribution in [0.3, 0.4) is 0 Å². The second-order valence-electron chi connectivity index (χ2n) is 5.51. The highest BCUT2D eigenvalue weighted by atomic mass is 32.2. The van der Waals surface area contributed by atoms with Crippen LogP contribution in [-0.2, 0) is 15.0 Å². The van der Waals surface area contributed by atoms with Crippen molar-refractivity contribution < 1.29 is 18.3 Å². The van der Waals surface area contributed by atoms with Gasteiger partial charge in [0, 0.05) is 25.2 Å². The minimum Gasteiger partial charge on any atom is -0.480 e. The van der Waals surface area contributed by atoms with Crippen molar-refractivity contribution in [3.05, 3.63) is 0 Å². The summed E-state index contributed by atoms with van der Waals surface area (Å²) in [6.45, 7) is 6.20. The first-order valence-corrected chi connectivity index (χ1v) is 8.32. The normalized spacial score (nSPS) is 23.4. The van der Waals surface area contributed by atoms with Crippen LogP contribution in [0.2, 0.25) is 0 Å². The summed E-state index contributed by atoms with van der Waals surface area (Å²) in [6.07, 6.45) is 1.32. The van der Waals surface area contributed by atoms with E-state index in [1.807, 2.05) is 25.7 Å². The zero-order chi connectivity index (χ0) is 15.5. The standard InChI is InChI=1S/C12H25N3O4S/c1-5-15(8-12(16)17)11-6-10(7-11)13-20(18,19)14(4)9(2)3/h9-11,13H,5-8H2,1-4H3,(H,16,17). The Bertz CT molecular complexity index is 432. The summed E-state index contributed by atoms with van der Waals surface area (Å²) in [7, 11) is -1.90. The molecular weight excluding hydrogens is 282 g/mol. The van der Waals surface area contributed by atoms with Gasteiger partial charge in [-0.2, -0.15) is 17.4 Å². The Balaban J connectivity index is 2.47. The molecule has 0 aromatic carbocycles. The smallest absolute Gasteiger partial charge is 0.317 e. The molecule has 8 heteroatoms. The van der Waals surface area contributed by atoms with Gasteiger partial charge in [-0.15, -0.1) is 0 Å². The Morgan fingerprint density at radius 3 is 2.35 bits per heavy atom. The molecule has 0 heterocycles. The fourth-order valence-electron chi connectivity index (χ4n) is 2.23. The summed E-state index contributed by atoms with van der Waals surface area (Å²) in [6, 6.07) is -0.0512. The molecule has 2 N–H and O–H groups in total. The van der Waals surface area contributed by atoms with E-state index in [1.165, 1.54) is 4.31 Å². The molecule has 118 valence electrons. The fraction of sp³-hybridized carbons (Fsp3) is 0.917. The highest BCUT2D eigenvalue weighted by Crippen LogP contribution is 2.26. The summed E-state index contributed by atoms with van der Waals surface area (Å²) < 4.78 is 28.0. The van der Waals surface area contributed by atoms with E-state index in [-0.39, 0.29) is 24.7 Å². The quantitative estimate of drug-likeness (QED) is 0.664. The van der Waals surface area contributed by atoms with Crippen LogP contribution in [-0.4, -0.2) is 67.0 Å². The van der Waals surface area contributed by atoms with Gasteiger partial charge in [0.1, 0.15) is 0 Å². The summed E-state index contributed by atoms with van der Waals surface area (Å²) >= 11 is 0. The molecule has 0 unspecified atom stereocenters. The lowest BCUT2D eigenvalue weighted by atomic mass is 9.86. The third-order valence-corrected chi connectivity index (χ3v) is 5.61.